The highest BCUT2D eigenvalue weighted by atomic mass is 19.1. The molecule has 80 valence electrons. The molecule has 1 fully saturated rings. The zero-order chi connectivity index (χ0) is 10.8. The van der Waals surface area contributed by atoms with Gasteiger partial charge in [-0.3, -0.25) is 4.79 Å². The van der Waals surface area contributed by atoms with E-state index in [-0.39, 0.29) is 17.8 Å². The number of carbonyl (C=O) groups is 1. The first-order chi connectivity index (χ1) is 7.18. The lowest BCUT2D eigenvalue weighted by atomic mass is 10.1. The predicted molar refractivity (Wildman–Crippen MR) is 55.8 cm³/mol. The molecular formula is C12H14FNO. The van der Waals surface area contributed by atoms with Crippen molar-refractivity contribution in [3.8, 4) is 0 Å². The number of halogens is 1. The molecule has 3 heteroatoms. The molecule has 0 spiro atoms. The lowest BCUT2D eigenvalue weighted by molar-refractivity contribution is -0.129. The fourth-order valence-corrected chi connectivity index (χ4v) is 2.00. The number of rotatable bonds is 2. The fourth-order valence-electron chi connectivity index (χ4n) is 2.00. The van der Waals surface area contributed by atoms with Crippen molar-refractivity contribution >= 4 is 5.91 Å². The van der Waals surface area contributed by atoms with Crippen molar-refractivity contribution in [3.05, 3.63) is 35.6 Å². The third-order valence-electron chi connectivity index (χ3n) is 2.93. The summed E-state index contributed by atoms with van der Waals surface area (Å²) in [5.74, 6) is -0.0366. The van der Waals surface area contributed by atoms with Crippen LogP contribution in [-0.2, 0) is 4.79 Å². The Morgan fingerprint density at radius 3 is 2.53 bits per heavy atom. The monoisotopic (exact) mass is 207 g/mol. The summed E-state index contributed by atoms with van der Waals surface area (Å²) < 4.78 is 12.7. The van der Waals surface area contributed by atoms with Crippen molar-refractivity contribution in [2.24, 2.45) is 0 Å². The highest BCUT2D eigenvalue weighted by Gasteiger charge is 2.25. The standard InChI is InChI=1S/C12H14FNO/c1-9(14-8-2-3-12(14)15)10-4-6-11(13)7-5-10/h4-7,9H,2-3,8H2,1H3/t9-/m0/s1. The van der Waals surface area contributed by atoms with Gasteiger partial charge in [-0.05, 0) is 31.0 Å². The van der Waals surface area contributed by atoms with E-state index in [9.17, 15) is 9.18 Å². The molecule has 0 bridgehead atoms. The van der Waals surface area contributed by atoms with E-state index in [1.165, 1.54) is 12.1 Å². The lowest BCUT2D eigenvalue weighted by Crippen LogP contribution is -2.27. The lowest BCUT2D eigenvalue weighted by Gasteiger charge is -2.24. The van der Waals surface area contributed by atoms with Gasteiger partial charge in [-0.15, -0.1) is 0 Å². The van der Waals surface area contributed by atoms with Crippen LogP contribution in [0.2, 0.25) is 0 Å². The molecule has 0 aliphatic carbocycles. The molecule has 1 aliphatic rings. The van der Waals surface area contributed by atoms with Crippen molar-refractivity contribution in [3.63, 3.8) is 0 Å². The first-order valence-electron chi connectivity index (χ1n) is 5.23. The molecule has 1 aromatic rings. The SMILES string of the molecule is C[C@@H](c1ccc(F)cc1)N1CCCC1=O. The van der Waals surface area contributed by atoms with E-state index in [1.807, 2.05) is 11.8 Å². The van der Waals surface area contributed by atoms with Crippen molar-refractivity contribution < 1.29 is 9.18 Å². The molecule has 0 N–H and O–H groups in total. The van der Waals surface area contributed by atoms with Crippen LogP contribution >= 0.6 is 0 Å². The van der Waals surface area contributed by atoms with Crippen LogP contribution < -0.4 is 0 Å². The Morgan fingerprint density at radius 1 is 1.33 bits per heavy atom. The quantitative estimate of drug-likeness (QED) is 0.729. The van der Waals surface area contributed by atoms with Gasteiger partial charge in [0.25, 0.3) is 0 Å². The van der Waals surface area contributed by atoms with Gasteiger partial charge >= 0.3 is 0 Å². The molecule has 2 nitrogen and oxygen atoms in total. The zero-order valence-electron chi connectivity index (χ0n) is 8.74. The van der Waals surface area contributed by atoms with E-state index in [1.54, 1.807) is 12.1 Å². The normalized spacial score (nSPS) is 18.3. The molecule has 1 heterocycles. The Bertz CT molecular complexity index is 360. The minimum atomic E-state index is -0.237. The summed E-state index contributed by atoms with van der Waals surface area (Å²) in [5, 5.41) is 0. The molecule has 0 saturated carbocycles. The zero-order valence-corrected chi connectivity index (χ0v) is 8.74. The number of benzene rings is 1. The number of likely N-dealkylation sites (tertiary alicyclic amines) is 1. The van der Waals surface area contributed by atoms with Crippen molar-refractivity contribution in [1.29, 1.82) is 0 Å². The first kappa shape index (κ1) is 10.1. The summed E-state index contributed by atoms with van der Waals surface area (Å²) in [6.45, 7) is 2.80. The molecular weight excluding hydrogens is 193 g/mol. The van der Waals surface area contributed by atoms with E-state index >= 15 is 0 Å². The van der Waals surface area contributed by atoms with Crippen LogP contribution in [0, 0.1) is 5.82 Å². The fraction of sp³-hybridized carbons (Fsp3) is 0.417. The second-order valence-corrected chi connectivity index (χ2v) is 3.92. The van der Waals surface area contributed by atoms with Crippen molar-refractivity contribution in [2.75, 3.05) is 6.54 Å². The Kier molecular flexibility index (Phi) is 2.71. The van der Waals surface area contributed by atoms with Gasteiger partial charge in [-0.1, -0.05) is 12.1 Å². The van der Waals surface area contributed by atoms with E-state index in [2.05, 4.69) is 0 Å². The molecule has 1 atom stereocenters. The maximum atomic E-state index is 12.7. The van der Waals surface area contributed by atoms with E-state index in [0.717, 1.165) is 18.5 Å². The molecule has 0 radical (unpaired) electrons. The van der Waals surface area contributed by atoms with E-state index in [0.29, 0.717) is 6.42 Å². The maximum Gasteiger partial charge on any atom is 0.223 e. The van der Waals surface area contributed by atoms with Crippen molar-refractivity contribution in [1.82, 2.24) is 4.90 Å². The number of hydrogen-bond acceptors (Lipinski definition) is 1. The van der Waals surface area contributed by atoms with Gasteiger partial charge in [0.1, 0.15) is 5.82 Å². The molecule has 2 rings (SSSR count). The van der Waals surface area contributed by atoms with E-state index in [4.69, 9.17) is 0 Å². The molecule has 1 saturated heterocycles. The molecule has 1 aromatic carbocycles. The predicted octanol–water partition coefficient (Wildman–Crippen LogP) is 2.51. The van der Waals surface area contributed by atoms with Crippen LogP contribution in [0.5, 0.6) is 0 Å². The molecule has 1 aliphatic heterocycles. The highest BCUT2D eigenvalue weighted by Crippen LogP contribution is 2.25. The average molecular weight is 207 g/mol. The summed E-state index contributed by atoms with van der Waals surface area (Å²) in [4.78, 5) is 13.4. The third kappa shape index (κ3) is 2.01. The van der Waals surface area contributed by atoms with Gasteiger partial charge in [-0.25, -0.2) is 4.39 Å². The summed E-state index contributed by atoms with van der Waals surface area (Å²) >= 11 is 0. The minimum Gasteiger partial charge on any atom is -0.336 e. The number of nitrogens with zero attached hydrogens (tertiary/aromatic N) is 1. The number of carbonyl (C=O) groups excluding carboxylic acids is 1. The molecule has 0 aromatic heterocycles. The topological polar surface area (TPSA) is 20.3 Å². The van der Waals surface area contributed by atoms with Gasteiger partial charge in [-0.2, -0.15) is 0 Å². The first-order valence-corrected chi connectivity index (χ1v) is 5.23. The number of amides is 1. The molecule has 15 heavy (non-hydrogen) atoms. The van der Waals surface area contributed by atoms with Crippen LogP contribution in [-0.4, -0.2) is 17.4 Å². The summed E-state index contributed by atoms with van der Waals surface area (Å²) in [6.07, 6.45) is 1.58. The molecule has 1 amide bonds. The highest BCUT2D eigenvalue weighted by molar-refractivity contribution is 5.78. The second-order valence-electron chi connectivity index (χ2n) is 3.92. The van der Waals surface area contributed by atoms with E-state index < -0.39 is 0 Å². The van der Waals surface area contributed by atoms with Gasteiger partial charge in [0, 0.05) is 13.0 Å². The van der Waals surface area contributed by atoms with Gasteiger partial charge in [0.15, 0.2) is 0 Å². The van der Waals surface area contributed by atoms with Crippen LogP contribution in [0.15, 0.2) is 24.3 Å². The molecule has 0 unspecified atom stereocenters. The van der Waals surface area contributed by atoms with Gasteiger partial charge in [0.05, 0.1) is 6.04 Å². The van der Waals surface area contributed by atoms with Gasteiger partial charge in [0.2, 0.25) is 5.91 Å². The minimum absolute atomic E-state index is 0.0561. The van der Waals surface area contributed by atoms with Crippen molar-refractivity contribution in [2.45, 2.75) is 25.8 Å². The Morgan fingerprint density at radius 2 is 2.00 bits per heavy atom. The maximum absolute atomic E-state index is 12.7. The summed E-state index contributed by atoms with van der Waals surface area (Å²) in [5.41, 5.74) is 0.992. The summed E-state index contributed by atoms with van der Waals surface area (Å²) in [7, 11) is 0. The summed E-state index contributed by atoms with van der Waals surface area (Å²) in [6, 6.07) is 6.41. The van der Waals surface area contributed by atoms with Crippen LogP contribution in [0.25, 0.3) is 0 Å². The van der Waals surface area contributed by atoms with Crippen LogP contribution in [0.1, 0.15) is 31.4 Å². The Labute approximate surface area is 88.7 Å². The largest absolute Gasteiger partial charge is 0.336 e. The Hall–Kier alpha value is -1.38. The van der Waals surface area contributed by atoms with Crippen LogP contribution in [0.4, 0.5) is 4.39 Å². The number of hydrogen-bond donors (Lipinski definition) is 0. The second kappa shape index (κ2) is 4.01. The van der Waals surface area contributed by atoms with Crippen LogP contribution in [0.3, 0.4) is 0 Å². The smallest absolute Gasteiger partial charge is 0.223 e. The Balaban J connectivity index is 2.16. The third-order valence-corrected chi connectivity index (χ3v) is 2.93. The average Bonchev–Trinajstić information content (AvgIpc) is 2.65. The van der Waals surface area contributed by atoms with Gasteiger partial charge < -0.3 is 4.90 Å².